The molecule has 0 aliphatic rings. The number of hydrogen-bond acceptors (Lipinski definition) is 3. The largest absolute Gasteiger partial charge is 0.508 e. The third-order valence-electron chi connectivity index (χ3n) is 3.41. The molecule has 102 valence electrons. The maximum Gasteiger partial charge on any atom is 0.120 e. The normalized spacial score (nSPS) is 13.3. The highest BCUT2D eigenvalue weighted by atomic mass is 16.3. The molecule has 0 aliphatic carbocycles. The van der Waals surface area contributed by atoms with Crippen LogP contribution < -0.4 is 0 Å². The fourth-order valence-corrected chi connectivity index (χ4v) is 2.08. The van der Waals surface area contributed by atoms with Gasteiger partial charge in [0.25, 0.3) is 0 Å². The van der Waals surface area contributed by atoms with E-state index in [-0.39, 0.29) is 6.04 Å². The zero-order valence-corrected chi connectivity index (χ0v) is 12.3. The quantitative estimate of drug-likeness (QED) is 0.841. The van der Waals surface area contributed by atoms with Crippen molar-refractivity contribution in [2.45, 2.75) is 26.3 Å². The van der Waals surface area contributed by atoms with Crippen molar-refractivity contribution in [3.63, 3.8) is 0 Å². The van der Waals surface area contributed by atoms with Crippen molar-refractivity contribution >= 4 is 0 Å². The van der Waals surface area contributed by atoms with Gasteiger partial charge in [0.1, 0.15) is 5.75 Å². The standard InChI is InChI=1S/C15H26N2O/c1-12-7-8-15(18)14(11-12)13(2)17(5)10-6-9-16(3)4/h7-8,11,13,18H,6,9-10H2,1-5H3. The molecule has 1 unspecified atom stereocenters. The van der Waals surface area contributed by atoms with E-state index in [2.05, 4.69) is 50.9 Å². The lowest BCUT2D eigenvalue weighted by Crippen LogP contribution is -2.26. The van der Waals surface area contributed by atoms with Gasteiger partial charge in [-0.3, -0.25) is 4.90 Å². The van der Waals surface area contributed by atoms with Crippen LogP contribution in [0.5, 0.6) is 5.75 Å². The van der Waals surface area contributed by atoms with Crippen LogP contribution >= 0.6 is 0 Å². The first-order chi connectivity index (χ1) is 8.41. The molecule has 1 aromatic carbocycles. The van der Waals surface area contributed by atoms with Crippen molar-refractivity contribution in [1.29, 1.82) is 0 Å². The van der Waals surface area contributed by atoms with Crippen LogP contribution in [0.15, 0.2) is 18.2 Å². The molecule has 0 heterocycles. The Morgan fingerprint density at radius 3 is 2.44 bits per heavy atom. The summed E-state index contributed by atoms with van der Waals surface area (Å²) in [6, 6.07) is 6.04. The fourth-order valence-electron chi connectivity index (χ4n) is 2.08. The fraction of sp³-hybridized carbons (Fsp3) is 0.600. The van der Waals surface area contributed by atoms with E-state index in [9.17, 15) is 5.11 Å². The summed E-state index contributed by atoms with van der Waals surface area (Å²) in [5.74, 6) is 0.396. The summed E-state index contributed by atoms with van der Waals surface area (Å²) in [5.41, 5.74) is 2.21. The molecule has 18 heavy (non-hydrogen) atoms. The van der Waals surface area contributed by atoms with E-state index in [1.54, 1.807) is 6.07 Å². The molecule has 0 saturated carbocycles. The molecule has 0 bridgehead atoms. The van der Waals surface area contributed by atoms with E-state index in [4.69, 9.17) is 0 Å². The summed E-state index contributed by atoms with van der Waals surface area (Å²) >= 11 is 0. The van der Waals surface area contributed by atoms with E-state index in [1.807, 2.05) is 6.07 Å². The van der Waals surface area contributed by atoms with Crippen LogP contribution in [0.25, 0.3) is 0 Å². The van der Waals surface area contributed by atoms with E-state index in [0.29, 0.717) is 5.75 Å². The molecule has 1 aromatic rings. The minimum Gasteiger partial charge on any atom is -0.508 e. The van der Waals surface area contributed by atoms with Gasteiger partial charge in [-0.15, -0.1) is 0 Å². The predicted octanol–water partition coefficient (Wildman–Crippen LogP) is 2.65. The van der Waals surface area contributed by atoms with E-state index < -0.39 is 0 Å². The Bertz CT molecular complexity index is 377. The summed E-state index contributed by atoms with van der Waals surface area (Å²) in [4.78, 5) is 4.49. The van der Waals surface area contributed by atoms with Crippen LogP contribution in [0, 0.1) is 6.92 Å². The van der Waals surface area contributed by atoms with E-state index in [1.165, 1.54) is 5.56 Å². The van der Waals surface area contributed by atoms with Gasteiger partial charge < -0.3 is 10.0 Å². The lowest BCUT2D eigenvalue weighted by atomic mass is 10.0. The van der Waals surface area contributed by atoms with Crippen LogP contribution in [0.3, 0.4) is 0 Å². The monoisotopic (exact) mass is 250 g/mol. The molecule has 0 amide bonds. The lowest BCUT2D eigenvalue weighted by molar-refractivity contribution is 0.240. The average Bonchev–Trinajstić information content (AvgIpc) is 2.30. The van der Waals surface area contributed by atoms with Crippen LogP contribution in [-0.2, 0) is 0 Å². The third-order valence-corrected chi connectivity index (χ3v) is 3.41. The maximum atomic E-state index is 9.93. The number of aromatic hydroxyl groups is 1. The molecule has 3 heteroatoms. The molecule has 0 radical (unpaired) electrons. The molecule has 0 spiro atoms. The molecular weight excluding hydrogens is 224 g/mol. The first-order valence-corrected chi connectivity index (χ1v) is 6.56. The predicted molar refractivity (Wildman–Crippen MR) is 77.1 cm³/mol. The van der Waals surface area contributed by atoms with Gasteiger partial charge in [0, 0.05) is 11.6 Å². The van der Waals surface area contributed by atoms with Crippen molar-refractivity contribution in [3.05, 3.63) is 29.3 Å². The second-order valence-corrected chi connectivity index (χ2v) is 5.38. The number of benzene rings is 1. The van der Waals surface area contributed by atoms with Crippen LogP contribution in [0.4, 0.5) is 0 Å². The highest BCUT2D eigenvalue weighted by Crippen LogP contribution is 2.28. The van der Waals surface area contributed by atoms with Crippen molar-refractivity contribution in [1.82, 2.24) is 9.80 Å². The Morgan fingerprint density at radius 2 is 1.83 bits per heavy atom. The first kappa shape index (κ1) is 15.0. The van der Waals surface area contributed by atoms with Gasteiger partial charge in [-0.25, -0.2) is 0 Å². The van der Waals surface area contributed by atoms with Crippen LogP contribution in [-0.4, -0.2) is 49.1 Å². The average molecular weight is 250 g/mol. The summed E-state index contributed by atoms with van der Waals surface area (Å²) in [7, 11) is 6.30. The maximum absolute atomic E-state index is 9.93. The van der Waals surface area contributed by atoms with Gasteiger partial charge in [-0.2, -0.15) is 0 Å². The minimum atomic E-state index is 0.243. The number of phenolic OH excluding ortho intramolecular Hbond substituents is 1. The second kappa shape index (κ2) is 6.76. The van der Waals surface area contributed by atoms with Gasteiger partial charge in [0.2, 0.25) is 0 Å². The minimum absolute atomic E-state index is 0.243. The Balaban J connectivity index is 2.62. The van der Waals surface area contributed by atoms with Gasteiger partial charge in [0.05, 0.1) is 0 Å². The van der Waals surface area contributed by atoms with E-state index in [0.717, 1.165) is 25.1 Å². The van der Waals surface area contributed by atoms with Crippen molar-refractivity contribution in [2.24, 2.45) is 0 Å². The lowest BCUT2D eigenvalue weighted by Gasteiger charge is -2.26. The Hall–Kier alpha value is -1.06. The molecule has 1 rings (SSSR count). The van der Waals surface area contributed by atoms with Crippen LogP contribution in [0.2, 0.25) is 0 Å². The second-order valence-electron chi connectivity index (χ2n) is 5.38. The number of aryl methyl sites for hydroxylation is 1. The molecule has 0 fully saturated rings. The highest BCUT2D eigenvalue weighted by molar-refractivity contribution is 5.37. The highest BCUT2D eigenvalue weighted by Gasteiger charge is 2.15. The van der Waals surface area contributed by atoms with Gasteiger partial charge >= 0.3 is 0 Å². The number of rotatable bonds is 6. The van der Waals surface area contributed by atoms with Crippen molar-refractivity contribution in [3.8, 4) is 5.75 Å². The van der Waals surface area contributed by atoms with Crippen LogP contribution in [0.1, 0.15) is 30.5 Å². The molecule has 0 saturated heterocycles. The van der Waals surface area contributed by atoms with Crippen molar-refractivity contribution < 1.29 is 5.11 Å². The van der Waals surface area contributed by atoms with Gasteiger partial charge in [0.15, 0.2) is 0 Å². The van der Waals surface area contributed by atoms with E-state index >= 15 is 0 Å². The SMILES string of the molecule is Cc1ccc(O)c(C(C)N(C)CCCN(C)C)c1. The summed E-state index contributed by atoms with van der Waals surface area (Å²) in [6.45, 7) is 6.33. The Kier molecular flexibility index (Phi) is 5.63. The molecule has 0 aliphatic heterocycles. The molecule has 0 aromatic heterocycles. The first-order valence-electron chi connectivity index (χ1n) is 6.56. The van der Waals surface area contributed by atoms with Crippen molar-refractivity contribution in [2.75, 3.05) is 34.2 Å². The summed E-state index contributed by atoms with van der Waals surface area (Å²) in [6.07, 6.45) is 1.14. The topological polar surface area (TPSA) is 26.7 Å². The molecule has 1 N–H and O–H groups in total. The molecular formula is C15H26N2O. The summed E-state index contributed by atoms with van der Waals surface area (Å²) < 4.78 is 0. The third kappa shape index (κ3) is 4.31. The zero-order valence-electron chi connectivity index (χ0n) is 12.3. The van der Waals surface area contributed by atoms with Gasteiger partial charge in [-0.1, -0.05) is 17.7 Å². The van der Waals surface area contributed by atoms with Gasteiger partial charge in [-0.05, 0) is 60.6 Å². The Morgan fingerprint density at radius 1 is 1.17 bits per heavy atom. The Labute approximate surface area is 111 Å². The number of nitrogens with zero attached hydrogens (tertiary/aromatic N) is 2. The number of phenols is 1. The summed E-state index contributed by atoms with van der Waals surface area (Å²) in [5, 5.41) is 9.93. The molecule has 1 atom stereocenters. The zero-order chi connectivity index (χ0) is 13.7. The smallest absolute Gasteiger partial charge is 0.120 e. The molecule has 3 nitrogen and oxygen atoms in total. The number of hydrogen-bond donors (Lipinski definition) is 1.